The molecular formula is C22H22FN3O2S. The van der Waals surface area contributed by atoms with E-state index in [2.05, 4.69) is 9.88 Å². The molecule has 1 saturated heterocycles. The van der Waals surface area contributed by atoms with Gasteiger partial charge in [0.25, 0.3) is 5.91 Å². The Labute approximate surface area is 173 Å². The first-order chi connectivity index (χ1) is 14.2. The number of piperazine rings is 1. The van der Waals surface area contributed by atoms with Crippen molar-refractivity contribution in [3.05, 3.63) is 71.5 Å². The van der Waals surface area contributed by atoms with Gasteiger partial charge in [0, 0.05) is 43.7 Å². The zero-order chi connectivity index (χ0) is 20.1. The van der Waals surface area contributed by atoms with Crippen LogP contribution in [0.2, 0.25) is 0 Å². The number of hydrogen-bond donors (Lipinski definition) is 0. The number of carbonyl (C=O) groups is 1. The van der Waals surface area contributed by atoms with E-state index in [1.54, 1.807) is 17.5 Å². The maximum absolute atomic E-state index is 13.1. The Bertz CT molecular complexity index is 938. The number of benzene rings is 2. The molecule has 7 heteroatoms. The highest BCUT2D eigenvalue weighted by Crippen LogP contribution is 2.24. The maximum Gasteiger partial charge on any atom is 0.273 e. The number of thiazole rings is 1. The summed E-state index contributed by atoms with van der Waals surface area (Å²) in [7, 11) is 0. The molecule has 1 fully saturated rings. The van der Waals surface area contributed by atoms with Crippen LogP contribution in [0.1, 0.15) is 10.5 Å². The lowest BCUT2D eigenvalue weighted by Gasteiger charge is -2.34. The number of amides is 1. The van der Waals surface area contributed by atoms with Crippen molar-refractivity contribution in [2.24, 2.45) is 0 Å². The Hall–Kier alpha value is -2.77. The molecule has 4 rings (SSSR count). The fraction of sp³-hybridized carbons (Fsp3) is 0.273. The third-order valence-electron chi connectivity index (χ3n) is 4.89. The number of halogens is 1. The van der Waals surface area contributed by atoms with E-state index in [-0.39, 0.29) is 11.7 Å². The molecule has 0 saturated carbocycles. The van der Waals surface area contributed by atoms with Crippen LogP contribution in [0.4, 0.5) is 4.39 Å². The van der Waals surface area contributed by atoms with Gasteiger partial charge in [-0.1, -0.05) is 18.2 Å². The number of rotatable bonds is 6. The summed E-state index contributed by atoms with van der Waals surface area (Å²) in [5.41, 5.74) is 1.27. The molecule has 0 radical (unpaired) electrons. The van der Waals surface area contributed by atoms with Crippen LogP contribution >= 0.6 is 11.3 Å². The van der Waals surface area contributed by atoms with Crippen molar-refractivity contribution < 1.29 is 13.9 Å². The Kier molecular flexibility index (Phi) is 6.17. The Morgan fingerprint density at radius 2 is 1.76 bits per heavy atom. The van der Waals surface area contributed by atoms with Crippen molar-refractivity contribution in [2.75, 3.05) is 39.3 Å². The molecule has 29 heavy (non-hydrogen) atoms. The molecule has 0 atom stereocenters. The second-order valence-corrected chi connectivity index (χ2v) is 7.70. The van der Waals surface area contributed by atoms with Crippen molar-refractivity contribution in [2.45, 2.75) is 0 Å². The van der Waals surface area contributed by atoms with Crippen LogP contribution in [0, 0.1) is 5.82 Å². The van der Waals surface area contributed by atoms with E-state index in [1.165, 1.54) is 23.5 Å². The quantitative estimate of drug-likeness (QED) is 0.619. The van der Waals surface area contributed by atoms with E-state index in [4.69, 9.17) is 4.74 Å². The first-order valence-corrected chi connectivity index (χ1v) is 10.5. The summed E-state index contributed by atoms with van der Waals surface area (Å²) < 4.78 is 18.8. The van der Waals surface area contributed by atoms with Crippen molar-refractivity contribution in [1.82, 2.24) is 14.8 Å². The fourth-order valence-corrected chi connectivity index (χ4v) is 4.04. The minimum absolute atomic E-state index is 0.0465. The molecule has 1 aliphatic rings. The molecule has 0 N–H and O–H groups in total. The lowest BCUT2D eigenvalue weighted by atomic mass is 10.2. The van der Waals surface area contributed by atoms with Crippen LogP contribution in [0.5, 0.6) is 5.75 Å². The van der Waals surface area contributed by atoms with E-state index in [0.29, 0.717) is 25.4 Å². The molecule has 2 aromatic carbocycles. The minimum atomic E-state index is -0.284. The van der Waals surface area contributed by atoms with Crippen molar-refractivity contribution in [3.8, 4) is 16.3 Å². The van der Waals surface area contributed by atoms with Gasteiger partial charge in [-0.3, -0.25) is 9.69 Å². The summed E-state index contributed by atoms with van der Waals surface area (Å²) in [5, 5.41) is 2.51. The highest BCUT2D eigenvalue weighted by atomic mass is 32.1. The largest absolute Gasteiger partial charge is 0.492 e. The van der Waals surface area contributed by atoms with E-state index >= 15 is 0 Å². The lowest BCUT2D eigenvalue weighted by Crippen LogP contribution is -2.49. The molecule has 1 aliphatic heterocycles. The summed E-state index contributed by atoms with van der Waals surface area (Å²) in [6.07, 6.45) is 0. The Morgan fingerprint density at radius 3 is 2.48 bits per heavy atom. The van der Waals surface area contributed by atoms with Gasteiger partial charge >= 0.3 is 0 Å². The molecule has 2 heterocycles. The van der Waals surface area contributed by atoms with Crippen molar-refractivity contribution >= 4 is 17.2 Å². The van der Waals surface area contributed by atoms with Crippen LogP contribution in [0.25, 0.3) is 10.6 Å². The molecule has 5 nitrogen and oxygen atoms in total. The minimum Gasteiger partial charge on any atom is -0.492 e. The van der Waals surface area contributed by atoms with Gasteiger partial charge in [-0.2, -0.15) is 0 Å². The smallest absolute Gasteiger partial charge is 0.273 e. The zero-order valence-corrected chi connectivity index (χ0v) is 16.8. The number of para-hydroxylation sites is 1. The highest BCUT2D eigenvalue weighted by Gasteiger charge is 2.24. The summed E-state index contributed by atoms with van der Waals surface area (Å²) in [6, 6.07) is 15.9. The van der Waals surface area contributed by atoms with Gasteiger partial charge in [0.2, 0.25) is 0 Å². The molecule has 1 amide bonds. The van der Waals surface area contributed by atoms with E-state index in [9.17, 15) is 9.18 Å². The van der Waals surface area contributed by atoms with Crippen LogP contribution in [0.3, 0.4) is 0 Å². The van der Waals surface area contributed by atoms with Gasteiger partial charge in [-0.25, -0.2) is 9.37 Å². The molecular weight excluding hydrogens is 389 g/mol. The third-order valence-corrected chi connectivity index (χ3v) is 5.78. The molecule has 0 aliphatic carbocycles. The number of aromatic nitrogens is 1. The number of nitrogens with zero attached hydrogens (tertiary/aromatic N) is 3. The van der Waals surface area contributed by atoms with Gasteiger partial charge < -0.3 is 9.64 Å². The molecule has 150 valence electrons. The summed E-state index contributed by atoms with van der Waals surface area (Å²) in [6.45, 7) is 4.45. The maximum atomic E-state index is 13.1. The van der Waals surface area contributed by atoms with Crippen LogP contribution in [0.15, 0.2) is 60.0 Å². The highest BCUT2D eigenvalue weighted by molar-refractivity contribution is 7.13. The first kappa shape index (κ1) is 19.5. The van der Waals surface area contributed by atoms with Gasteiger partial charge in [0.1, 0.15) is 28.9 Å². The molecule has 1 aromatic heterocycles. The first-order valence-electron chi connectivity index (χ1n) is 9.60. The van der Waals surface area contributed by atoms with E-state index in [0.717, 1.165) is 36.0 Å². The van der Waals surface area contributed by atoms with Crippen LogP contribution in [-0.2, 0) is 0 Å². The number of ether oxygens (including phenoxy) is 1. The fourth-order valence-electron chi connectivity index (χ4n) is 3.24. The standard InChI is InChI=1S/C22H22FN3O2S/c23-18-8-6-17(7-9-18)21-24-20(16-29-21)22(27)26-12-10-25(11-13-26)14-15-28-19-4-2-1-3-5-19/h1-9,16H,10-15H2. The molecule has 3 aromatic rings. The predicted octanol–water partition coefficient (Wildman–Crippen LogP) is 3.79. The summed E-state index contributed by atoms with van der Waals surface area (Å²) in [4.78, 5) is 21.4. The average molecular weight is 412 g/mol. The second kappa shape index (κ2) is 9.15. The number of carbonyl (C=O) groups excluding carboxylic acids is 1. The van der Waals surface area contributed by atoms with Crippen molar-refractivity contribution in [3.63, 3.8) is 0 Å². The molecule has 0 unspecified atom stereocenters. The average Bonchev–Trinajstić information content (AvgIpc) is 3.25. The van der Waals surface area contributed by atoms with Crippen LogP contribution < -0.4 is 4.74 Å². The second-order valence-electron chi connectivity index (χ2n) is 6.84. The SMILES string of the molecule is O=C(c1csc(-c2ccc(F)cc2)n1)N1CCN(CCOc2ccccc2)CC1. The van der Waals surface area contributed by atoms with Crippen LogP contribution in [-0.4, -0.2) is 60.0 Å². The normalized spacial score (nSPS) is 14.7. The number of hydrogen-bond acceptors (Lipinski definition) is 5. The van der Waals surface area contributed by atoms with E-state index < -0.39 is 0 Å². The van der Waals surface area contributed by atoms with E-state index in [1.807, 2.05) is 35.2 Å². The summed E-state index contributed by atoms with van der Waals surface area (Å²) in [5.74, 6) is 0.547. The topological polar surface area (TPSA) is 45.7 Å². The molecule has 0 bridgehead atoms. The molecule has 0 spiro atoms. The van der Waals surface area contributed by atoms with Gasteiger partial charge in [-0.05, 0) is 36.4 Å². The Morgan fingerprint density at radius 1 is 1.03 bits per heavy atom. The third kappa shape index (κ3) is 4.99. The lowest BCUT2D eigenvalue weighted by molar-refractivity contribution is 0.0615. The zero-order valence-electron chi connectivity index (χ0n) is 16.0. The van der Waals surface area contributed by atoms with Gasteiger partial charge in [0.15, 0.2) is 0 Å². The predicted molar refractivity (Wildman–Crippen MR) is 112 cm³/mol. The van der Waals surface area contributed by atoms with Crippen molar-refractivity contribution in [1.29, 1.82) is 0 Å². The van der Waals surface area contributed by atoms with Gasteiger partial charge in [0.05, 0.1) is 0 Å². The van der Waals surface area contributed by atoms with Gasteiger partial charge in [-0.15, -0.1) is 11.3 Å². The Balaban J connectivity index is 1.26. The summed E-state index contributed by atoms with van der Waals surface area (Å²) >= 11 is 1.40. The monoisotopic (exact) mass is 411 g/mol.